The van der Waals surface area contributed by atoms with E-state index in [0.717, 1.165) is 0 Å². The molecule has 0 radical (unpaired) electrons. The molecule has 0 fully saturated rings. The first-order valence-corrected chi connectivity index (χ1v) is 8.10. The van der Waals surface area contributed by atoms with Crippen LogP contribution in [0.3, 0.4) is 0 Å². The van der Waals surface area contributed by atoms with Gasteiger partial charge in [0.2, 0.25) is 0 Å². The fourth-order valence-electron chi connectivity index (χ4n) is 1.54. The van der Waals surface area contributed by atoms with E-state index in [1.54, 1.807) is 6.08 Å². The van der Waals surface area contributed by atoms with E-state index < -0.39 is 0 Å². The Morgan fingerprint density at radius 3 is 1.62 bits per heavy atom. The molecule has 0 aromatic heterocycles. The molecule has 0 aromatic carbocycles. The van der Waals surface area contributed by atoms with Gasteiger partial charge in [0.25, 0.3) is 0 Å². The van der Waals surface area contributed by atoms with E-state index in [4.69, 9.17) is 28.4 Å². The summed E-state index contributed by atoms with van der Waals surface area (Å²) in [5.41, 5.74) is 0. The summed E-state index contributed by atoms with van der Waals surface area (Å²) in [6, 6.07) is 0. The monoisotopic (exact) mass is 338 g/mol. The average Bonchev–Trinajstić information content (AvgIpc) is 2.59. The van der Waals surface area contributed by atoms with Crippen LogP contribution in [0.1, 0.15) is 0 Å². The Labute approximate surface area is 144 Å². The first kappa shape index (κ1) is 20.7. The van der Waals surface area contributed by atoms with Gasteiger partial charge in [0.1, 0.15) is 6.61 Å². The third-order valence-corrected chi connectivity index (χ3v) is 2.67. The number of ether oxygens (including phenoxy) is 6. The molecule has 0 saturated carbocycles. The van der Waals surface area contributed by atoms with E-state index in [1.165, 1.54) is 0 Å². The molecule has 6 nitrogen and oxygen atoms in total. The lowest BCUT2D eigenvalue weighted by Gasteiger charge is -2.07. The minimum Gasteiger partial charge on any atom is -0.377 e. The standard InChI is InChI=1S/C18H26O6/c1-2-4-6-8-20-10-12-22-14-16-24-18-17-23-15-13-21-11-9-19-7-5-3-1/h3,5H,7-18H2/b5-3-. The Morgan fingerprint density at radius 1 is 0.542 bits per heavy atom. The highest BCUT2D eigenvalue weighted by atomic mass is 16.6. The third kappa shape index (κ3) is 15.5. The molecular formula is C18H26O6. The van der Waals surface area contributed by atoms with E-state index in [2.05, 4.69) is 23.7 Å². The molecule has 0 amide bonds. The molecule has 0 bridgehead atoms. The highest BCUT2D eigenvalue weighted by molar-refractivity contribution is 5.30. The summed E-state index contributed by atoms with van der Waals surface area (Å²) < 4.78 is 32.2. The van der Waals surface area contributed by atoms with Crippen LogP contribution in [0.4, 0.5) is 0 Å². The quantitative estimate of drug-likeness (QED) is 0.605. The Bertz CT molecular complexity index is 426. The molecule has 1 rings (SSSR count). The first-order valence-electron chi connectivity index (χ1n) is 8.10. The first-order chi connectivity index (χ1) is 12.0. The number of hydrogen-bond donors (Lipinski definition) is 0. The zero-order valence-corrected chi connectivity index (χ0v) is 14.1. The number of rotatable bonds is 0. The van der Waals surface area contributed by atoms with Crippen molar-refractivity contribution in [3.8, 4) is 23.7 Å². The van der Waals surface area contributed by atoms with Gasteiger partial charge in [0, 0.05) is 0 Å². The lowest BCUT2D eigenvalue weighted by atomic mass is 10.5. The Kier molecular flexibility index (Phi) is 15.5. The van der Waals surface area contributed by atoms with Gasteiger partial charge in [-0.2, -0.15) is 0 Å². The van der Waals surface area contributed by atoms with Gasteiger partial charge >= 0.3 is 0 Å². The molecule has 0 aromatic rings. The van der Waals surface area contributed by atoms with E-state index in [1.807, 2.05) is 6.08 Å². The molecule has 1 aliphatic heterocycles. The maximum Gasteiger partial charge on any atom is 0.108 e. The second-order valence-electron chi connectivity index (χ2n) is 4.55. The van der Waals surface area contributed by atoms with Crippen molar-refractivity contribution in [1.82, 2.24) is 0 Å². The molecule has 6 heteroatoms. The van der Waals surface area contributed by atoms with Crippen molar-refractivity contribution < 1.29 is 28.4 Å². The van der Waals surface area contributed by atoms with Gasteiger partial charge in [-0.25, -0.2) is 0 Å². The predicted molar refractivity (Wildman–Crippen MR) is 89.6 cm³/mol. The minimum absolute atomic E-state index is 0.346. The molecular weight excluding hydrogens is 312 g/mol. The van der Waals surface area contributed by atoms with E-state index in [-0.39, 0.29) is 0 Å². The lowest BCUT2D eigenvalue weighted by molar-refractivity contribution is -0.0143. The van der Waals surface area contributed by atoms with Gasteiger partial charge in [-0.1, -0.05) is 17.9 Å². The summed E-state index contributed by atoms with van der Waals surface area (Å²) in [4.78, 5) is 0. The SMILES string of the molecule is C1#C/C=C\COCCOCCOCCOCCOCCOCC#C1. The summed E-state index contributed by atoms with van der Waals surface area (Å²) in [7, 11) is 0. The Morgan fingerprint density at radius 2 is 1.04 bits per heavy atom. The van der Waals surface area contributed by atoms with Crippen LogP contribution in [0, 0.1) is 23.7 Å². The predicted octanol–water partition coefficient (Wildman–Crippen LogP) is 0.663. The zero-order valence-electron chi connectivity index (χ0n) is 14.1. The van der Waals surface area contributed by atoms with Gasteiger partial charge in [0.15, 0.2) is 0 Å². The Hall–Kier alpha value is -1.38. The molecule has 0 aliphatic carbocycles. The van der Waals surface area contributed by atoms with Gasteiger partial charge in [0.05, 0.1) is 72.7 Å². The topological polar surface area (TPSA) is 55.4 Å². The van der Waals surface area contributed by atoms with Crippen LogP contribution in [0.5, 0.6) is 0 Å². The minimum atomic E-state index is 0.346. The summed E-state index contributed by atoms with van der Waals surface area (Å²) in [5.74, 6) is 11.1. The maximum absolute atomic E-state index is 5.38. The molecule has 134 valence electrons. The third-order valence-electron chi connectivity index (χ3n) is 2.67. The summed E-state index contributed by atoms with van der Waals surface area (Å²) in [5, 5.41) is 0. The highest BCUT2D eigenvalue weighted by Crippen LogP contribution is 1.85. The summed E-state index contributed by atoms with van der Waals surface area (Å²) in [6.07, 6.45) is 3.56. The molecule has 1 heterocycles. The van der Waals surface area contributed by atoms with Crippen LogP contribution in [-0.4, -0.2) is 79.3 Å². The van der Waals surface area contributed by atoms with Gasteiger partial charge in [-0.3, -0.25) is 0 Å². The van der Waals surface area contributed by atoms with E-state index in [0.29, 0.717) is 79.3 Å². The van der Waals surface area contributed by atoms with E-state index >= 15 is 0 Å². The highest BCUT2D eigenvalue weighted by Gasteiger charge is 1.93. The molecule has 0 spiro atoms. The fraction of sp³-hybridized carbons (Fsp3) is 0.667. The lowest BCUT2D eigenvalue weighted by Crippen LogP contribution is -2.14. The van der Waals surface area contributed by atoms with Crippen molar-refractivity contribution in [3.05, 3.63) is 12.2 Å². The van der Waals surface area contributed by atoms with Crippen molar-refractivity contribution in [2.75, 3.05) is 79.3 Å². The average molecular weight is 338 g/mol. The Balaban J connectivity index is 2.18. The normalized spacial score (nSPS) is 22.0. The van der Waals surface area contributed by atoms with Crippen LogP contribution in [0.2, 0.25) is 0 Å². The molecule has 0 saturated heterocycles. The van der Waals surface area contributed by atoms with Crippen LogP contribution in [-0.2, 0) is 28.4 Å². The molecule has 24 heavy (non-hydrogen) atoms. The number of hydrogen-bond acceptors (Lipinski definition) is 6. The van der Waals surface area contributed by atoms with Crippen LogP contribution in [0.25, 0.3) is 0 Å². The molecule has 0 unspecified atom stereocenters. The summed E-state index contributed by atoms with van der Waals surface area (Å²) in [6.45, 7) is 6.23. The van der Waals surface area contributed by atoms with Crippen molar-refractivity contribution in [2.45, 2.75) is 0 Å². The fourth-order valence-corrected chi connectivity index (χ4v) is 1.54. The van der Waals surface area contributed by atoms with Crippen LogP contribution < -0.4 is 0 Å². The van der Waals surface area contributed by atoms with Gasteiger partial charge < -0.3 is 28.4 Å². The van der Waals surface area contributed by atoms with Crippen molar-refractivity contribution >= 4 is 0 Å². The van der Waals surface area contributed by atoms with Gasteiger partial charge in [-0.05, 0) is 17.9 Å². The van der Waals surface area contributed by atoms with E-state index in [9.17, 15) is 0 Å². The van der Waals surface area contributed by atoms with Gasteiger partial charge in [-0.15, -0.1) is 0 Å². The molecule has 1 aliphatic rings. The number of allylic oxidation sites excluding steroid dienone is 1. The van der Waals surface area contributed by atoms with Crippen molar-refractivity contribution in [2.24, 2.45) is 0 Å². The van der Waals surface area contributed by atoms with Crippen molar-refractivity contribution in [1.29, 1.82) is 0 Å². The van der Waals surface area contributed by atoms with Crippen molar-refractivity contribution in [3.63, 3.8) is 0 Å². The smallest absolute Gasteiger partial charge is 0.108 e. The second kappa shape index (κ2) is 18.0. The zero-order chi connectivity index (χ0) is 17.0. The van der Waals surface area contributed by atoms with Crippen LogP contribution >= 0.6 is 0 Å². The summed E-state index contributed by atoms with van der Waals surface area (Å²) >= 11 is 0. The molecule has 0 atom stereocenters. The second-order valence-corrected chi connectivity index (χ2v) is 4.55. The van der Waals surface area contributed by atoms with Crippen LogP contribution in [0.15, 0.2) is 12.2 Å². The molecule has 0 N–H and O–H groups in total. The largest absolute Gasteiger partial charge is 0.377 e. The maximum atomic E-state index is 5.38.